The van der Waals surface area contributed by atoms with Gasteiger partial charge in [-0.1, -0.05) is 5.11 Å². The minimum atomic E-state index is -4.31. The van der Waals surface area contributed by atoms with Crippen LogP contribution in [0.1, 0.15) is 68.5 Å². The standard InChI is InChI=1S/C26H43N10O9P/c1-13(20(38)44-24(3,4)5)32-46(40,33-14(2)21(39)45-25(6,7)8)42-11-15-17(37)26(9,34-35-28)22(43-15)36-12-29-16-18(36)30-23(27)31-19(16)41-10/h12-15,17,22,37H,11H2,1-10H3,(H2,27,30,31)(H2,32,33,40)/t13-,14+,15-,17-,22-,26-,46?/m1/s1. The summed E-state index contributed by atoms with van der Waals surface area (Å²) in [4.78, 5) is 40.8. The van der Waals surface area contributed by atoms with Crippen LogP contribution in [0.15, 0.2) is 11.4 Å². The number of carbonyl (C=O) groups is 2. The monoisotopic (exact) mass is 670 g/mol. The molecule has 1 unspecified atom stereocenters. The minimum Gasteiger partial charge on any atom is -0.479 e. The highest BCUT2D eigenvalue weighted by atomic mass is 31.2. The number of hydrogen-bond donors (Lipinski definition) is 4. The van der Waals surface area contributed by atoms with Gasteiger partial charge in [0.1, 0.15) is 34.9 Å². The fourth-order valence-electron chi connectivity index (χ4n) is 4.49. The van der Waals surface area contributed by atoms with Crippen molar-refractivity contribution in [3.05, 3.63) is 16.8 Å². The third-order valence-corrected chi connectivity index (χ3v) is 8.50. The first-order valence-electron chi connectivity index (χ1n) is 14.3. The van der Waals surface area contributed by atoms with Crippen molar-refractivity contribution in [1.29, 1.82) is 0 Å². The molecule has 1 fully saturated rings. The van der Waals surface area contributed by atoms with Gasteiger partial charge in [-0.25, -0.2) is 15.2 Å². The van der Waals surface area contributed by atoms with Crippen LogP contribution in [-0.4, -0.2) is 91.3 Å². The summed E-state index contributed by atoms with van der Waals surface area (Å²) in [6.45, 7) is 13.7. The Labute approximate surface area is 266 Å². The molecular weight excluding hydrogens is 627 g/mol. The molecule has 0 spiro atoms. The molecule has 19 nitrogen and oxygen atoms in total. The van der Waals surface area contributed by atoms with E-state index in [1.807, 2.05) is 0 Å². The average molecular weight is 671 g/mol. The van der Waals surface area contributed by atoms with E-state index in [0.29, 0.717) is 0 Å². The van der Waals surface area contributed by atoms with Crippen molar-refractivity contribution >= 4 is 36.7 Å². The third kappa shape index (κ3) is 8.61. The van der Waals surface area contributed by atoms with Crippen molar-refractivity contribution in [2.75, 3.05) is 19.5 Å². The van der Waals surface area contributed by atoms with Crippen LogP contribution in [0, 0.1) is 0 Å². The van der Waals surface area contributed by atoms with E-state index in [0.717, 1.165) is 0 Å². The lowest BCUT2D eigenvalue weighted by molar-refractivity contribution is -0.157. The van der Waals surface area contributed by atoms with Crippen LogP contribution >= 0.6 is 7.67 Å². The van der Waals surface area contributed by atoms with Crippen molar-refractivity contribution in [3.8, 4) is 5.88 Å². The van der Waals surface area contributed by atoms with Gasteiger partial charge in [0, 0.05) is 4.91 Å². The van der Waals surface area contributed by atoms with E-state index in [1.54, 1.807) is 41.5 Å². The molecule has 0 saturated carbocycles. The molecule has 7 atom stereocenters. The summed E-state index contributed by atoms with van der Waals surface area (Å²) in [7, 11) is -2.94. The summed E-state index contributed by atoms with van der Waals surface area (Å²) >= 11 is 0. The maximum atomic E-state index is 14.2. The van der Waals surface area contributed by atoms with E-state index in [1.165, 1.54) is 38.8 Å². The Hall–Kier alpha value is -3.57. The number of azide groups is 1. The number of nitrogens with one attached hydrogen (secondary N) is 2. The molecule has 2 aromatic rings. The Morgan fingerprint density at radius 3 is 2.20 bits per heavy atom. The maximum absolute atomic E-state index is 14.2. The summed E-state index contributed by atoms with van der Waals surface area (Å²) in [5.41, 5.74) is 12.3. The van der Waals surface area contributed by atoms with E-state index in [-0.39, 0.29) is 23.0 Å². The first-order chi connectivity index (χ1) is 21.1. The predicted octanol–water partition coefficient (Wildman–Crippen LogP) is 2.51. The molecule has 3 heterocycles. The average Bonchev–Trinajstić information content (AvgIpc) is 3.43. The quantitative estimate of drug-likeness (QED) is 0.0831. The number of nitrogen functional groups attached to an aromatic ring is 1. The van der Waals surface area contributed by atoms with Gasteiger partial charge in [0.15, 0.2) is 17.4 Å². The number of nitrogens with zero attached hydrogens (tertiary/aromatic N) is 7. The van der Waals surface area contributed by atoms with Crippen LogP contribution in [0.4, 0.5) is 5.95 Å². The van der Waals surface area contributed by atoms with Crippen LogP contribution in [0.5, 0.6) is 5.88 Å². The first-order valence-corrected chi connectivity index (χ1v) is 15.9. The number of rotatable bonds is 12. The van der Waals surface area contributed by atoms with Gasteiger partial charge in [0.25, 0.3) is 0 Å². The molecule has 1 saturated heterocycles. The van der Waals surface area contributed by atoms with Crippen molar-refractivity contribution in [2.24, 2.45) is 5.11 Å². The summed E-state index contributed by atoms with van der Waals surface area (Å²) in [5.74, 6) is -1.52. The van der Waals surface area contributed by atoms with Gasteiger partial charge in [-0.2, -0.15) is 9.97 Å². The summed E-state index contributed by atoms with van der Waals surface area (Å²) in [6.07, 6.45) is -2.67. The number of ether oxygens (including phenoxy) is 4. The van der Waals surface area contributed by atoms with Crippen molar-refractivity contribution in [2.45, 2.75) is 110 Å². The number of nitrogens with two attached hydrogens (primary N) is 1. The van der Waals surface area contributed by atoms with Crippen LogP contribution in [-0.2, 0) is 32.9 Å². The second-order valence-electron chi connectivity index (χ2n) is 12.9. The topological polar surface area (TPSA) is 260 Å². The zero-order chi connectivity index (χ0) is 34.8. The van der Waals surface area contributed by atoms with Gasteiger partial charge in [-0.15, -0.1) is 0 Å². The van der Waals surface area contributed by atoms with Crippen molar-refractivity contribution in [1.82, 2.24) is 29.7 Å². The maximum Gasteiger partial charge on any atom is 0.342 e. The largest absolute Gasteiger partial charge is 0.479 e. The molecule has 2 aromatic heterocycles. The van der Waals surface area contributed by atoms with Crippen molar-refractivity contribution < 1.29 is 42.7 Å². The van der Waals surface area contributed by atoms with Crippen LogP contribution in [0.25, 0.3) is 21.6 Å². The molecule has 0 aliphatic carbocycles. The van der Waals surface area contributed by atoms with Gasteiger partial charge in [-0.05, 0) is 67.8 Å². The Morgan fingerprint density at radius 1 is 1.17 bits per heavy atom. The van der Waals surface area contributed by atoms with E-state index >= 15 is 0 Å². The van der Waals surface area contributed by atoms with Crippen LogP contribution in [0.2, 0.25) is 0 Å². The Morgan fingerprint density at radius 2 is 1.72 bits per heavy atom. The molecular formula is C26H43N10O9P. The molecule has 3 rings (SSSR count). The number of carbonyl (C=O) groups excluding carboxylic acids is 2. The second-order valence-corrected chi connectivity index (χ2v) is 14.8. The molecule has 0 bridgehead atoms. The van der Waals surface area contributed by atoms with E-state index < -0.39 is 73.5 Å². The molecule has 0 amide bonds. The fourth-order valence-corrected chi connectivity index (χ4v) is 6.30. The van der Waals surface area contributed by atoms with Crippen LogP contribution in [0.3, 0.4) is 0 Å². The first kappa shape index (κ1) is 36.9. The third-order valence-electron chi connectivity index (χ3n) is 6.54. The number of imidazole rings is 1. The van der Waals surface area contributed by atoms with Crippen molar-refractivity contribution in [3.63, 3.8) is 0 Å². The number of aliphatic hydroxyl groups excluding tert-OH is 1. The van der Waals surface area contributed by atoms with Gasteiger partial charge in [0.2, 0.25) is 11.8 Å². The highest BCUT2D eigenvalue weighted by Crippen LogP contribution is 2.46. The lowest BCUT2D eigenvalue weighted by Crippen LogP contribution is -2.46. The van der Waals surface area contributed by atoms with Gasteiger partial charge >= 0.3 is 19.6 Å². The number of aliphatic hydroxyl groups is 1. The van der Waals surface area contributed by atoms with Gasteiger partial charge in [-0.3, -0.25) is 18.7 Å². The highest BCUT2D eigenvalue weighted by molar-refractivity contribution is 7.54. The highest BCUT2D eigenvalue weighted by Gasteiger charge is 2.55. The Bertz CT molecular complexity index is 1490. The Kier molecular flexibility index (Phi) is 10.9. The second kappa shape index (κ2) is 13.7. The summed E-state index contributed by atoms with van der Waals surface area (Å²) < 4.78 is 43.5. The molecule has 20 heteroatoms. The Balaban J connectivity index is 1.93. The summed E-state index contributed by atoms with van der Waals surface area (Å²) in [6, 6.07) is -2.34. The van der Waals surface area contributed by atoms with Crippen LogP contribution < -0.4 is 20.6 Å². The molecule has 0 aromatic carbocycles. The number of esters is 2. The normalized spacial score (nSPS) is 24.5. The lowest BCUT2D eigenvalue weighted by Gasteiger charge is -2.30. The fraction of sp³-hybridized carbons (Fsp3) is 0.731. The molecule has 5 N–H and O–H groups in total. The number of hydrogen-bond acceptors (Lipinski definition) is 14. The molecule has 1 aliphatic heterocycles. The molecule has 0 radical (unpaired) electrons. The SMILES string of the molecule is COc1nc(N)nc2c1ncn2[C@@H]1O[C@H](COP(=O)(N[C@@H](C)C(=O)OC(C)(C)C)N[C@H](C)C(=O)OC(C)(C)C)[C@@H](O)[C@@]1(C)N=[N+]=[N-]. The van der Waals surface area contributed by atoms with Gasteiger partial charge < -0.3 is 34.3 Å². The number of aromatic nitrogens is 4. The minimum absolute atomic E-state index is 0.0847. The molecule has 46 heavy (non-hydrogen) atoms. The summed E-state index contributed by atoms with van der Waals surface area (Å²) in [5, 5.41) is 20.4. The number of methoxy groups -OCH3 is 1. The van der Waals surface area contributed by atoms with E-state index in [4.69, 9.17) is 29.2 Å². The van der Waals surface area contributed by atoms with E-state index in [2.05, 4.69) is 35.2 Å². The predicted molar refractivity (Wildman–Crippen MR) is 164 cm³/mol. The number of anilines is 1. The lowest BCUT2D eigenvalue weighted by atomic mass is 9.93. The molecule has 1 aliphatic rings. The zero-order valence-corrected chi connectivity index (χ0v) is 28.4. The smallest absolute Gasteiger partial charge is 0.342 e. The molecule has 256 valence electrons. The van der Waals surface area contributed by atoms with Gasteiger partial charge in [0.05, 0.1) is 26.1 Å². The van der Waals surface area contributed by atoms with E-state index in [9.17, 15) is 24.8 Å². The number of fused-ring (bicyclic) bond motifs is 1. The zero-order valence-electron chi connectivity index (χ0n) is 27.5.